The van der Waals surface area contributed by atoms with E-state index in [2.05, 4.69) is 25.7 Å². The molecule has 0 radical (unpaired) electrons. The van der Waals surface area contributed by atoms with Gasteiger partial charge in [0.15, 0.2) is 5.82 Å². The lowest BCUT2D eigenvalue weighted by atomic mass is 10.4. The van der Waals surface area contributed by atoms with Gasteiger partial charge >= 0.3 is 0 Å². The fourth-order valence-corrected chi connectivity index (χ4v) is 2.12. The van der Waals surface area contributed by atoms with Gasteiger partial charge in [0.1, 0.15) is 11.6 Å². The van der Waals surface area contributed by atoms with Gasteiger partial charge in [-0.2, -0.15) is 0 Å². The van der Waals surface area contributed by atoms with Crippen molar-refractivity contribution < 1.29 is 9.32 Å². The quantitative estimate of drug-likeness (QED) is 0.783. The van der Waals surface area contributed by atoms with Crippen LogP contribution < -0.4 is 5.32 Å². The van der Waals surface area contributed by atoms with Crippen molar-refractivity contribution in [3.63, 3.8) is 0 Å². The molecule has 0 aliphatic carbocycles. The molecule has 0 aliphatic rings. The van der Waals surface area contributed by atoms with E-state index in [1.165, 1.54) is 11.8 Å². The van der Waals surface area contributed by atoms with Crippen molar-refractivity contribution in [2.24, 2.45) is 0 Å². The van der Waals surface area contributed by atoms with Crippen LogP contribution in [0.3, 0.4) is 0 Å². The lowest BCUT2D eigenvalue weighted by molar-refractivity contribution is -0.115. The topological polar surface area (TPSA) is 96.7 Å². The van der Waals surface area contributed by atoms with Gasteiger partial charge in [0, 0.05) is 24.7 Å². The lowest BCUT2D eigenvalue weighted by Crippen LogP contribution is -2.12. The van der Waals surface area contributed by atoms with Crippen LogP contribution in [0, 0.1) is 6.92 Å². The van der Waals surface area contributed by atoms with Crippen molar-refractivity contribution in [1.29, 1.82) is 0 Å². The highest BCUT2D eigenvalue weighted by molar-refractivity contribution is 7.99. The first-order valence-electron chi connectivity index (χ1n) is 5.94. The van der Waals surface area contributed by atoms with E-state index < -0.39 is 0 Å². The molecule has 2 aromatic heterocycles. The van der Waals surface area contributed by atoms with E-state index in [-0.39, 0.29) is 5.91 Å². The molecule has 102 valence electrons. The molecule has 7 nitrogen and oxygen atoms in total. The zero-order valence-electron chi connectivity index (χ0n) is 10.8. The molecular weight excluding hydrogens is 266 g/mol. The van der Waals surface area contributed by atoms with E-state index in [4.69, 9.17) is 4.52 Å². The second-order valence-electron chi connectivity index (χ2n) is 3.89. The number of carbonyl (C=O) groups is 1. The lowest BCUT2D eigenvalue weighted by Gasteiger charge is -1.99. The summed E-state index contributed by atoms with van der Waals surface area (Å²) in [5, 5.41) is 13.9. The molecule has 0 bridgehead atoms. The maximum Gasteiger partial charge on any atom is 0.226 e. The molecule has 2 heterocycles. The molecule has 0 spiro atoms. The minimum atomic E-state index is -0.105. The van der Waals surface area contributed by atoms with Crippen LogP contribution in [0.4, 0.5) is 5.82 Å². The molecule has 0 aliphatic heterocycles. The second-order valence-corrected chi connectivity index (χ2v) is 4.95. The minimum Gasteiger partial charge on any atom is -0.360 e. The Morgan fingerprint density at radius 1 is 1.58 bits per heavy atom. The van der Waals surface area contributed by atoms with E-state index in [0.29, 0.717) is 28.9 Å². The molecule has 1 amide bonds. The SMILES string of the molecule is CCc1nc(SCCC(=O)Nc2cc(C)on2)n[nH]1. The van der Waals surface area contributed by atoms with Crippen molar-refractivity contribution in [1.82, 2.24) is 20.3 Å². The molecule has 19 heavy (non-hydrogen) atoms. The number of amides is 1. The molecule has 0 saturated heterocycles. The molecule has 0 saturated carbocycles. The first-order chi connectivity index (χ1) is 9.17. The average molecular weight is 281 g/mol. The summed E-state index contributed by atoms with van der Waals surface area (Å²) in [6, 6.07) is 1.67. The van der Waals surface area contributed by atoms with Gasteiger partial charge in [-0.25, -0.2) is 4.98 Å². The number of aromatic amines is 1. The number of rotatable bonds is 6. The third-order valence-corrected chi connectivity index (χ3v) is 3.15. The summed E-state index contributed by atoms with van der Waals surface area (Å²) in [6.07, 6.45) is 1.19. The number of hydrogen-bond donors (Lipinski definition) is 2. The van der Waals surface area contributed by atoms with Crippen LogP contribution in [0.5, 0.6) is 0 Å². The predicted molar refractivity (Wildman–Crippen MR) is 71.0 cm³/mol. The van der Waals surface area contributed by atoms with Gasteiger partial charge in [0.2, 0.25) is 11.1 Å². The first kappa shape index (κ1) is 13.6. The van der Waals surface area contributed by atoms with E-state index in [9.17, 15) is 4.79 Å². The molecular formula is C11H15N5O2S. The number of nitrogens with zero attached hydrogens (tertiary/aromatic N) is 3. The van der Waals surface area contributed by atoms with Crippen LogP contribution in [0.2, 0.25) is 0 Å². The number of nitrogens with one attached hydrogen (secondary N) is 2. The molecule has 2 rings (SSSR count). The maximum atomic E-state index is 11.6. The van der Waals surface area contributed by atoms with Crippen molar-refractivity contribution >= 4 is 23.5 Å². The number of H-pyrrole nitrogens is 1. The van der Waals surface area contributed by atoms with Gasteiger partial charge in [-0.15, -0.1) is 5.10 Å². The predicted octanol–water partition coefficient (Wildman–Crippen LogP) is 1.78. The Labute approximate surface area is 114 Å². The van der Waals surface area contributed by atoms with E-state index in [0.717, 1.165) is 12.2 Å². The summed E-state index contributed by atoms with van der Waals surface area (Å²) in [5.74, 6) is 2.47. The summed E-state index contributed by atoms with van der Waals surface area (Å²) >= 11 is 1.44. The number of thioether (sulfide) groups is 1. The third-order valence-electron chi connectivity index (χ3n) is 2.30. The molecule has 2 aromatic rings. The summed E-state index contributed by atoms with van der Waals surface area (Å²) in [5.41, 5.74) is 0. The van der Waals surface area contributed by atoms with Crippen LogP contribution in [0.25, 0.3) is 0 Å². The standard InChI is InChI=1S/C11H15N5O2S/c1-3-8-13-11(15-14-8)19-5-4-10(17)12-9-6-7(2)18-16-9/h6H,3-5H2,1-2H3,(H,12,16,17)(H,13,14,15). The normalized spacial score (nSPS) is 10.6. The van der Waals surface area contributed by atoms with E-state index >= 15 is 0 Å². The number of aromatic nitrogens is 4. The van der Waals surface area contributed by atoms with Crippen molar-refractivity contribution in [2.75, 3.05) is 11.1 Å². The molecule has 0 unspecified atom stereocenters. The maximum absolute atomic E-state index is 11.6. The molecule has 0 atom stereocenters. The summed E-state index contributed by atoms with van der Waals surface area (Å²) in [4.78, 5) is 15.9. The Hall–Kier alpha value is -1.83. The summed E-state index contributed by atoms with van der Waals surface area (Å²) in [7, 11) is 0. The van der Waals surface area contributed by atoms with Gasteiger partial charge in [0.05, 0.1) is 0 Å². The summed E-state index contributed by atoms with van der Waals surface area (Å²) < 4.78 is 4.86. The third kappa shape index (κ3) is 4.09. The first-order valence-corrected chi connectivity index (χ1v) is 6.93. The number of hydrogen-bond acceptors (Lipinski definition) is 6. The molecule has 8 heteroatoms. The van der Waals surface area contributed by atoms with Gasteiger partial charge in [-0.1, -0.05) is 23.8 Å². The Morgan fingerprint density at radius 3 is 3.05 bits per heavy atom. The largest absolute Gasteiger partial charge is 0.360 e. The number of anilines is 1. The summed E-state index contributed by atoms with van der Waals surface area (Å²) in [6.45, 7) is 3.77. The highest BCUT2D eigenvalue weighted by Gasteiger charge is 2.08. The molecule has 2 N–H and O–H groups in total. The van der Waals surface area contributed by atoms with Gasteiger partial charge < -0.3 is 9.84 Å². The highest BCUT2D eigenvalue weighted by atomic mass is 32.2. The van der Waals surface area contributed by atoms with Crippen LogP contribution in [0.1, 0.15) is 24.9 Å². The van der Waals surface area contributed by atoms with Crippen LogP contribution in [-0.4, -0.2) is 32.0 Å². The van der Waals surface area contributed by atoms with E-state index in [1.54, 1.807) is 13.0 Å². The van der Waals surface area contributed by atoms with Crippen molar-refractivity contribution in [2.45, 2.75) is 31.8 Å². The Balaban J connectivity index is 1.71. The fourth-order valence-electron chi connectivity index (χ4n) is 1.37. The average Bonchev–Trinajstić information content (AvgIpc) is 2.98. The molecule has 0 fully saturated rings. The van der Waals surface area contributed by atoms with Crippen molar-refractivity contribution in [3.8, 4) is 0 Å². The van der Waals surface area contributed by atoms with Gasteiger partial charge in [-0.05, 0) is 6.92 Å². The van der Waals surface area contributed by atoms with Gasteiger partial charge in [-0.3, -0.25) is 9.89 Å². The monoisotopic (exact) mass is 281 g/mol. The minimum absolute atomic E-state index is 0.105. The zero-order chi connectivity index (χ0) is 13.7. The highest BCUT2D eigenvalue weighted by Crippen LogP contribution is 2.14. The van der Waals surface area contributed by atoms with Crippen molar-refractivity contribution in [3.05, 3.63) is 17.7 Å². The second kappa shape index (κ2) is 6.37. The smallest absolute Gasteiger partial charge is 0.226 e. The number of carbonyl (C=O) groups excluding carboxylic acids is 1. The number of aryl methyl sites for hydroxylation is 2. The molecule has 0 aromatic carbocycles. The van der Waals surface area contributed by atoms with Gasteiger partial charge in [0.25, 0.3) is 0 Å². The Bertz CT molecular complexity index is 551. The van der Waals surface area contributed by atoms with Crippen LogP contribution in [0.15, 0.2) is 15.7 Å². The fraction of sp³-hybridized carbons (Fsp3) is 0.455. The van der Waals surface area contributed by atoms with E-state index in [1.807, 2.05) is 6.92 Å². The van der Waals surface area contributed by atoms with Crippen LogP contribution in [-0.2, 0) is 11.2 Å². The Morgan fingerprint density at radius 2 is 2.42 bits per heavy atom. The van der Waals surface area contributed by atoms with Crippen LogP contribution >= 0.6 is 11.8 Å². The Kier molecular flexibility index (Phi) is 4.56. The zero-order valence-corrected chi connectivity index (χ0v) is 11.6.